The van der Waals surface area contributed by atoms with E-state index in [1.807, 2.05) is 12.1 Å². The van der Waals surface area contributed by atoms with Gasteiger partial charge in [0.05, 0.1) is 0 Å². The molecule has 0 nitrogen and oxygen atoms in total. The average Bonchev–Trinajstić information content (AvgIpc) is 3.03. The first-order chi connectivity index (χ1) is 14.6. The van der Waals surface area contributed by atoms with E-state index in [0.29, 0.717) is 0 Å². The van der Waals surface area contributed by atoms with Gasteiger partial charge in [0.15, 0.2) is 0 Å². The second-order valence-corrected chi connectivity index (χ2v) is 10.9. The number of rotatable bonds is 1. The molecule has 0 saturated heterocycles. The SMILES string of the molecule is Clc1ccc(-c2ccc3c(c2)-c2c(Cl)cccc2C32C3CC4CC(C3)CC2C4)cc1. The van der Waals surface area contributed by atoms with Crippen LogP contribution >= 0.6 is 23.2 Å². The first-order valence-corrected chi connectivity index (χ1v) is 12.1. The second-order valence-electron chi connectivity index (χ2n) is 10.1. The Balaban J connectivity index is 1.48. The molecule has 30 heavy (non-hydrogen) atoms. The zero-order valence-electron chi connectivity index (χ0n) is 16.9. The lowest BCUT2D eigenvalue weighted by Crippen LogP contribution is -2.55. The Kier molecular flexibility index (Phi) is 3.66. The molecule has 0 radical (unpaired) electrons. The standard InChI is InChI=1S/C28H24Cl2/c29-22-7-4-18(5-8-22)19-6-9-24-23(15-19)27-25(2-1-3-26(27)30)28(24)20-11-16-10-17(13-20)14-21(28)12-16/h1-9,15-17,20-21H,10-14H2. The van der Waals surface area contributed by atoms with E-state index in [1.165, 1.54) is 59.9 Å². The third-order valence-electron chi connectivity index (χ3n) is 8.80. The van der Waals surface area contributed by atoms with E-state index in [4.69, 9.17) is 23.2 Å². The van der Waals surface area contributed by atoms with E-state index >= 15 is 0 Å². The van der Waals surface area contributed by atoms with Gasteiger partial charge in [-0.25, -0.2) is 0 Å². The summed E-state index contributed by atoms with van der Waals surface area (Å²) in [5.74, 6) is 3.46. The Morgan fingerprint density at radius 1 is 0.667 bits per heavy atom. The van der Waals surface area contributed by atoms with Crippen LogP contribution in [-0.2, 0) is 5.41 Å². The van der Waals surface area contributed by atoms with Crippen molar-refractivity contribution in [2.45, 2.75) is 37.5 Å². The Morgan fingerprint density at radius 2 is 1.33 bits per heavy atom. The van der Waals surface area contributed by atoms with Crippen LogP contribution in [-0.4, -0.2) is 0 Å². The van der Waals surface area contributed by atoms with Crippen LogP contribution in [0.15, 0.2) is 60.7 Å². The number of benzene rings is 3. The molecule has 0 atom stereocenters. The van der Waals surface area contributed by atoms with Crippen molar-refractivity contribution >= 4 is 23.2 Å². The Bertz CT molecular complexity index is 1150. The van der Waals surface area contributed by atoms with Crippen molar-refractivity contribution in [1.82, 2.24) is 0 Å². The maximum atomic E-state index is 6.90. The highest BCUT2D eigenvalue weighted by Gasteiger charge is 2.61. The zero-order valence-corrected chi connectivity index (χ0v) is 18.4. The minimum Gasteiger partial charge on any atom is -0.0843 e. The predicted octanol–water partition coefficient (Wildman–Crippen LogP) is 8.38. The van der Waals surface area contributed by atoms with Gasteiger partial charge in [-0.15, -0.1) is 0 Å². The summed E-state index contributed by atoms with van der Waals surface area (Å²) in [5, 5.41) is 1.69. The van der Waals surface area contributed by atoms with Crippen molar-refractivity contribution in [1.29, 1.82) is 0 Å². The van der Waals surface area contributed by atoms with Crippen molar-refractivity contribution < 1.29 is 0 Å². The van der Waals surface area contributed by atoms with E-state index in [1.54, 1.807) is 5.56 Å². The van der Waals surface area contributed by atoms with Crippen LogP contribution in [0.4, 0.5) is 0 Å². The minimum absolute atomic E-state index is 0.182. The number of hydrogen-bond acceptors (Lipinski definition) is 0. The molecule has 4 bridgehead atoms. The molecule has 3 aromatic rings. The molecule has 5 aliphatic rings. The molecule has 4 saturated carbocycles. The summed E-state index contributed by atoms with van der Waals surface area (Å²) in [4.78, 5) is 0. The van der Waals surface area contributed by atoms with E-state index in [0.717, 1.165) is 33.7 Å². The van der Waals surface area contributed by atoms with E-state index in [9.17, 15) is 0 Å². The van der Waals surface area contributed by atoms with Gasteiger partial charge in [-0.1, -0.05) is 59.6 Å². The second kappa shape index (κ2) is 6.15. The number of fused-ring (bicyclic) bond motifs is 3. The predicted molar refractivity (Wildman–Crippen MR) is 125 cm³/mol. The lowest BCUT2D eigenvalue weighted by atomic mass is 9.43. The van der Waals surface area contributed by atoms with Crippen LogP contribution in [0.25, 0.3) is 22.3 Å². The fourth-order valence-corrected chi connectivity index (χ4v) is 8.43. The largest absolute Gasteiger partial charge is 0.0843 e. The highest BCUT2D eigenvalue weighted by molar-refractivity contribution is 6.34. The topological polar surface area (TPSA) is 0 Å². The van der Waals surface area contributed by atoms with Crippen molar-refractivity contribution in [2.24, 2.45) is 23.7 Å². The molecule has 0 heterocycles. The lowest BCUT2D eigenvalue weighted by Gasteiger charge is -2.61. The smallest absolute Gasteiger partial charge is 0.0487 e. The third kappa shape index (κ3) is 2.20. The molecule has 0 unspecified atom stereocenters. The van der Waals surface area contributed by atoms with Crippen LogP contribution in [0.2, 0.25) is 10.0 Å². The first-order valence-electron chi connectivity index (χ1n) is 11.3. The van der Waals surface area contributed by atoms with Crippen molar-refractivity contribution in [2.75, 3.05) is 0 Å². The van der Waals surface area contributed by atoms with Crippen molar-refractivity contribution in [3.63, 3.8) is 0 Å². The van der Waals surface area contributed by atoms with Crippen LogP contribution in [0.3, 0.4) is 0 Å². The molecule has 1 spiro atoms. The maximum Gasteiger partial charge on any atom is 0.0487 e. The lowest BCUT2D eigenvalue weighted by molar-refractivity contribution is -0.0399. The highest BCUT2D eigenvalue weighted by atomic mass is 35.5. The third-order valence-corrected chi connectivity index (χ3v) is 9.36. The molecule has 2 heteroatoms. The van der Waals surface area contributed by atoms with E-state index in [2.05, 4.69) is 48.5 Å². The summed E-state index contributed by atoms with van der Waals surface area (Å²) in [6.45, 7) is 0. The normalized spacial score (nSPS) is 32.5. The van der Waals surface area contributed by atoms with Gasteiger partial charge < -0.3 is 0 Å². The molecule has 0 aromatic heterocycles. The van der Waals surface area contributed by atoms with Crippen LogP contribution in [0.1, 0.15) is 43.2 Å². The molecular formula is C28H24Cl2. The van der Waals surface area contributed by atoms with Gasteiger partial charge in [0.2, 0.25) is 0 Å². The van der Waals surface area contributed by atoms with Crippen LogP contribution in [0.5, 0.6) is 0 Å². The molecule has 3 aromatic carbocycles. The number of halogens is 2. The number of hydrogen-bond donors (Lipinski definition) is 0. The summed E-state index contributed by atoms with van der Waals surface area (Å²) in [6.07, 6.45) is 7.08. The van der Waals surface area contributed by atoms with Gasteiger partial charge in [0, 0.05) is 21.0 Å². The molecule has 0 amide bonds. The van der Waals surface area contributed by atoms with Crippen molar-refractivity contribution in [3.8, 4) is 22.3 Å². The maximum absolute atomic E-state index is 6.90. The van der Waals surface area contributed by atoms with Gasteiger partial charge in [0.25, 0.3) is 0 Å². The van der Waals surface area contributed by atoms with Gasteiger partial charge in [0.1, 0.15) is 0 Å². The Hall–Kier alpha value is -1.76. The Morgan fingerprint density at radius 3 is 2.03 bits per heavy atom. The fourth-order valence-electron chi connectivity index (χ4n) is 8.03. The zero-order chi connectivity index (χ0) is 20.0. The van der Waals surface area contributed by atoms with Gasteiger partial charge in [-0.3, -0.25) is 0 Å². The van der Waals surface area contributed by atoms with E-state index < -0.39 is 0 Å². The summed E-state index contributed by atoms with van der Waals surface area (Å²) in [6, 6.07) is 22.0. The summed E-state index contributed by atoms with van der Waals surface area (Å²) >= 11 is 13.0. The summed E-state index contributed by atoms with van der Waals surface area (Å²) < 4.78 is 0. The minimum atomic E-state index is 0.182. The van der Waals surface area contributed by atoms with Gasteiger partial charge in [-0.2, -0.15) is 0 Å². The molecule has 8 rings (SSSR count). The van der Waals surface area contributed by atoms with E-state index in [-0.39, 0.29) is 5.41 Å². The molecule has 4 fully saturated rings. The molecular weight excluding hydrogens is 407 g/mol. The van der Waals surface area contributed by atoms with Crippen molar-refractivity contribution in [3.05, 3.63) is 81.8 Å². The first kappa shape index (κ1) is 17.9. The van der Waals surface area contributed by atoms with Gasteiger partial charge in [-0.05, 0) is 108 Å². The summed E-state index contributed by atoms with van der Waals surface area (Å²) in [5.41, 5.74) is 8.39. The quantitative estimate of drug-likeness (QED) is 0.363. The monoisotopic (exact) mass is 430 g/mol. The average molecular weight is 431 g/mol. The van der Waals surface area contributed by atoms with Crippen LogP contribution in [0, 0.1) is 23.7 Å². The highest BCUT2D eigenvalue weighted by Crippen LogP contribution is 2.70. The molecule has 0 aliphatic heterocycles. The van der Waals surface area contributed by atoms with Crippen LogP contribution < -0.4 is 0 Å². The Labute approximate surface area is 188 Å². The molecule has 150 valence electrons. The van der Waals surface area contributed by atoms with Gasteiger partial charge >= 0.3 is 0 Å². The molecule has 0 N–H and O–H groups in total. The summed E-state index contributed by atoms with van der Waals surface area (Å²) in [7, 11) is 0. The fraction of sp³-hybridized carbons (Fsp3) is 0.357. The molecule has 5 aliphatic carbocycles.